The van der Waals surface area contributed by atoms with E-state index in [1.807, 2.05) is 0 Å². The van der Waals surface area contributed by atoms with Gasteiger partial charge >= 0.3 is 0 Å². The van der Waals surface area contributed by atoms with Gasteiger partial charge in [0.05, 0.1) is 7.11 Å². The van der Waals surface area contributed by atoms with Crippen molar-refractivity contribution in [1.82, 2.24) is 5.32 Å². The van der Waals surface area contributed by atoms with Crippen LogP contribution in [0.1, 0.15) is 38.5 Å². The summed E-state index contributed by atoms with van der Waals surface area (Å²) in [6.07, 6.45) is 15.6. The largest absolute Gasteiger partial charge is 0.497 e. The van der Waals surface area contributed by atoms with Gasteiger partial charge in [0.15, 0.2) is 0 Å². The lowest BCUT2D eigenvalue weighted by Crippen LogP contribution is -2.61. The van der Waals surface area contributed by atoms with Crippen LogP contribution in [0.15, 0.2) is 24.0 Å². The molecule has 3 fully saturated rings. The van der Waals surface area contributed by atoms with Crippen molar-refractivity contribution in [3.05, 3.63) is 24.0 Å². The van der Waals surface area contributed by atoms with Crippen LogP contribution in [0.2, 0.25) is 0 Å². The molecule has 4 aliphatic rings. The second-order valence-electron chi connectivity index (χ2n) is 6.95. The molecule has 0 amide bonds. The molecule has 0 radical (unpaired) electrons. The summed E-state index contributed by atoms with van der Waals surface area (Å²) in [5.41, 5.74) is 0.575. The fourth-order valence-corrected chi connectivity index (χ4v) is 5.61. The van der Waals surface area contributed by atoms with E-state index in [0.29, 0.717) is 5.41 Å². The van der Waals surface area contributed by atoms with Gasteiger partial charge in [-0.1, -0.05) is 18.9 Å². The Labute approximate surface area is 116 Å². The van der Waals surface area contributed by atoms with Crippen molar-refractivity contribution in [3.63, 3.8) is 0 Å². The Bertz CT molecular complexity index is 423. The normalized spacial score (nSPS) is 47.9. The molecule has 4 rings (SSSR count). The van der Waals surface area contributed by atoms with Crippen molar-refractivity contribution in [2.75, 3.05) is 13.7 Å². The second kappa shape index (κ2) is 4.37. The summed E-state index contributed by atoms with van der Waals surface area (Å²) in [4.78, 5) is 0. The predicted octanol–water partition coefficient (Wildman–Crippen LogP) is 3.26. The van der Waals surface area contributed by atoms with Crippen molar-refractivity contribution in [1.29, 1.82) is 0 Å². The highest BCUT2D eigenvalue weighted by Crippen LogP contribution is 2.60. The predicted molar refractivity (Wildman–Crippen MR) is 76.6 cm³/mol. The maximum Gasteiger partial charge on any atom is 0.114 e. The summed E-state index contributed by atoms with van der Waals surface area (Å²) in [7, 11) is 1.81. The number of methoxy groups -OCH3 is 1. The van der Waals surface area contributed by atoms with Gasteiger partial charge in [0.25, 0.3) is 0 Å². The monoisotopic (exact) mass is 259 g/mol. The average Bonchev–Trinajstić information content (AvgIpc) is 2.47. The highest BCUT2D eigenvalue weighted by molar-refractivity contribution is 5.26. The molecule has 5 atom stereocenters. The fourth-order valence-electron chi connectivity index (χ4n) is 5.61. The number of rotatable bonds is 1. The minimum Gasteiger partial charge on any atom is -0.497 e. The molecule has 2 nitrogen and oxygen atoms in total. The molecule has 1 heterocycles. The van der Waals surface area contributed by atoms with E-state index in [1.165, 1.54) is 45.1 Å². The van der Waals surface area contributed by atoms with Crippen molar-refractivity contribution in [2.45, 2.75) is 44.6 Å². The van der Waals surface area contributed by atoms with Crippen LogP contribution in [0.25, 0.3) is 0 Å². The summed E-state index contributed by atoms with van der Waals surface area (Å²) >= 11 is 0. The first-order valence-corrected chi connectivity index (χ1v) is 8.01. The zero-order valence-electron chi connectivity index (χ0n) is 11.9. The van der Waals surface area contributed by atoms with Gasteiger partial charge in [0, 0.05) is 6.04 Å². The van der Waals surface area contributed by atoms with E-state index in [4.69, 9.17) is 4.74 Å². The topological polar surface area (TPSA) is 21.3 Å². The van der Waals surface area contributed by atoms with E-state index >= 15 is 0 Å². The minimum absolute atomic E-state index is 0.575. The van der Waals surface area contributed by atoms with Crippen molar-refractivity contribution in [3.8, 4) is 0 Å². The van der Waals surface area contributed by atoms with E-state index < -0.39 is 0 Å². The third kappa shape index (κ3) is 1.65. The lowest BCUT2D eigenvalue weighted by Gasteiger charge is -2.61. The lowest BCUT2D eigenvalue weighted by molar-refractivity contribution is -0.0686. The molecule has 0 spiro atoms. The number of fused-ring (bicyclic) bond motifs is 1. The number of ether oxygens (including phenoxy) is 1. The van der Waals surface area contributed by atoms with E-state index in [2.05, 4.69) is 23.5 Å². The van der Waals surface area contributed by atoms with Gasteiger partial charge in [-0.05, 0) is 67.5 Å². The second-order valence-corrected chi connectivity index (χ2v) is 6.95. The molecule has 0 aromatic carbocycles. The van der Waals surface area contributed by atoms with Gasteiger partial charge in [-0.15, -0.1) is 0 Å². The van der Waals surface area contributed by atoms with Gasteiger partial charge in [-0.25, -0.2) is 0 Å². The lowest BCUT2D eigenvalue weighted by atomic mass is 9.47. The van der Waals surface area contributed by atoms with Gasteiger partial charge in [0.1, 0.15) is 5.76 Å². The summed E-state index contributed by atoms with van der Waals surface area (Å²) < 4.78 is 5.51. The van der Waals surface area contributed by atoms with Gasteiger partial charge in [0.2, 0.25) is 0 Å². The molecule has 0 aromatic rings. The van der Waals surface area contributed by atoms with Crippen LogP contribution in [-0.4, -0.2) is 19.7 Å². The Balaban J connectivity index is 1.75. The fraction of sp³-hybridized carbons (Fsp3) is 0.765. The third-order valence-electron chi connectivity index (χ3n) is 6.37. The Kier molecular flexibility index (Phi) is 2.77. The number of hydrogen-bond acceptors (Lipinski definition) is 2. The van der Waals surface area contributed by atoms with Crippen molar-refractivity contribution in [2.24, 2.45) is 23.2 Å². The van der Waals surface area contributed by atoms with Gasteiger partial charge in [-0.3, -0.25) is 0 Å². The molecule has 1 N–H and O–H groups in total. The van der Waals surface area contributed by atoms with Crippen LogP contribution in [0.4, 0.5) is 0 Å². The van der Waals surface area contributed by atoms with Gasteiger partial charge in [-0.2, -0.15) is 0 Å². The van der Waals surface area contributed by atoms with E-state index in [0.717, 1.165) is 29.6 Å². The Hall–Kier alpha value is -0.760. The highest BCUT2D eigenvalue weighted by Gasteiger charge is 2.56. The Morgan fingerprint density at radius 3 is 3.16 bits per heavy atom. The molecular formula is C17H25NO. The summed E-state index contributed by atoms with van der Waals surface area (Å²) in [6, 6.07) is 0.775. The first-order valence-electron chi connectivity index (χ1n) is 8.01. The first-order chi connectivity index (χ1) is 9.33. The van der Waals surface area contributed by atoms with Crippen molar-refractivity contribution < 1.29 is 4.74 Å². The number of allylic oxidation sites excluding steroid dienone is 3. The molecule has 2 heteroatoms. The first kappa shape index (κ1) is 12.0. The SMILES string of the molecule is COC1=CC2C(C=C1)C[C@@H]1NCC[C@]23CCCC[C@H]13. The maximum atomic E-state index is 5.51. The van der Waals surface area contributed by atoms with Crippen LogP contribution in [0.3, 0.4) is 0 Å². The molecule has 2 saturated carbocycles. The highest BCUT2D eigenvalue weighted by atomic mass is 16.5. The molecule has 104 valence electrons. The van der Waals surface area contributed by atoms with Crippen LogP contribution in [0, 0.1) is 23.2 Å². The zero-order chi connectivity index (χ0) is 12.9. The average molecular weight is 259 g/mol. The quantitative estimate of drug-likeness (QED) is 0.780. The number of nitrogens with one attached hydrogen (secondary N) is 1. The Morgan fingerprint density at radius 2 is 2.26 bits per heavy atom. The molecule has 2 unspecified atom stereocenters. The van der Waals surface area contributed by atoms with Crippen LogP contribution >= 0.6 is 0 Å². The maximum absolute atomic E-state index is 5.51. The summed E-state index contributed by atoms with van der Waals surface area (Å²) in [5, 5.41) is 3.82. The molecule has 2 bridgehead atoms. The molecule has 1 saturated heterocycles. The van der Waals surface area contributed by atoms with Gasteiger partial charge < -0.3 is 10.1 Å². The third-order valence-corrected chi connectivity index (χ3v) is 6.37. The van der Waals surface area contributed by atoms with E-state index in [-0.39, 0.29) is 0 Å². The van der Waals surface area contributed by atoms with Crippen molar-refractivity contribution >= 4 is 0 Å². The van der Waals surface area contributed by atoms with Crippen LogP contribution in [-0.2, 0) is 4.74 Å². The smallest absolute Gasteiger partial charge is 0.114 e. The summed E-state index contributed by atoms with van der Waals surface area (Å²) in [6.45, 7) is 1.23. The molecule has 19 heavy (non-hydrogen) atoms. The van der Waals surface area contributed by atoms with E-state index in [9.17, 15) is 0 Å². The number of hydrogen-bond donors (Lipinski definition) is 1. The van der Waals surface area contributed by atoms with Crippen LogP contribution < -0.4 is 5.32 Å². The minimum atomic E-state index is 0.575. The van der Waals surface area contributed by atoms with Crippen LogP contribution in [0.5, 0.6) is 0 Å². The summed E-state index contributed by atoms with van der Waals surface area (Å²) in [5.74, 6) is 3.48. The standard InChI is InChI=1S/C17H25NO/c1-19-13-6-5-12-10-16-14-4-2-3-7-17(14,8-9-18-16)15(12)11-13/h5-6,11-12,14-16,18H,2-4,7-10H2,1H3/t12?,14-,15?,16+,17+/m1/s1. The molecule has 3 aliphatic carbocycles. The molecule has 1 aliphatic heterocycles. The Morgan fingerprint density at radius 1 is 1.32 bits per heavy atom. The zero-order valence-corrected chi connectivity index (χ0v) is 11.9. The molecular weight excluding hydrogens is 234 g/mol. The number of piperidine rings is 1. The molecule has 0 aromatic heterocycles. The van der Waals surface area contributed by atoms with E-state index in [1.54, 1.807) is 7.11 Å².